The zero-order valence-corrected chi connectivity index (χ0v) is 22.7. The van der Waals surface area contributed by atoms with Crippen LogP contribution in [0, 0.1) is 19.8 Å². The van der Waals surface area contributed by atoms with Crippen LogP contribution in [-0.4, -0.2) is 27.7 Å². The Kier molecular flexibility index (Phi) is 8.79. The molecule has 0 heterocycles. The largest absolute Gasteiger partial charge is 0.497 e. The summed E-state index contributed by atoms with van der Waals surface area (Å²) < 4.78 is 31.7. The average molecular weight is 509 g/mol. The molecule has 3 rings (SSSR count). The molecule has 192 valence electrons. The Morgan fingerprint density at radius 1 is 0.944 bits per heavy atom. The smallest absolute Gasteiger partial charge is 0.251 e. The molecule has 6 nitrogen and oxygen atoms in total. The van der Waals surface area contributed by atoms with Gasteiger partial charge in [0.05, 0.1) is 31.6 Å². The molecule has 0 aliphatic carbocycles. The SMILES string of the molecule is COc1ccc([C@@H](CC(C)C)NC(=O)c2ccc(CN(c3ccc(C)c(C)c3)S(C)(=O)=O)cc2)cc1. The van der Waals surface area contributed by atoms with Crippen molar-refractivity contribution in [3.8, 4) is 5.75 Å². The number of nitrogens with one attached hydrogen (secondary N) is 1. The molecule has 0 aliphatic heterocycles. The van der Waals surface area contributed by atoms with Crippen molar-refractivity contribution in [2.24, 2.45) is 5.92 Å². The lowest BCUT2D eigenvalue weighted by atomic mass is 9.96. The number of hydrogen-bond acceptors (Lipinski definition) is 4. The standard InChI is InChI=1S/C29H36N2O4S/c1-20(2)17-28(24-12-15-27(35-5)16-13-24)30-29(32)25-10-8-23(9-11-25)19-31(36(6,33)34)26-14-7-21(3)22(4)18-26/h7-16,18,20,28H,17,19H2,1-6H3,(H,30,32)/t28-/m1/s1. The number of hydrogen-bond donors (Lipinski definition) is 1. The Labute approximate surface area is 215 Å². The molecule has 0 unspecified atom stereocenters. The van der Waals surface area contributed by atoms with E-state index in [1.165, 1.54) is 10.6 Å². The summed E-state index contributed by atoms with van der Waals surface area (Å²) in [5, 5.41) is 3.15. The van der Waals surface area contributed by atoms with Crippen LogP contribution in [-0.2, 0) is 16.6 Å². The second kappa shape index (κ2) is 11.6. The van der Waals surface area contributed by atoms with Crippen LogP contribution in [0.25, 0.3) is 0 Å². The van der Waals surface area contributed by atoms with Crippen LogP contribution >= 0.6 is 0 Å². The second-order valence-electron chi connectivity index (χ2n) is 9.66. The molecule has 1 atom stereocenters. The van der Waals surface area contributed by atoms with Crippen molar-refractivity contribution in [2.75, 3.05) is 17.7 Å². The van der Waals surface area contributed by atoms with Gasteiger partial charge >= 0.3 is 0 Å². The molecule has 1 N–H and O–H groups in total. The van der Waals surface area contributed by atoms with Gasteiger partial charge in [0.2, 0.25) is 10.0 Å². The number of rotatable bonds is 10. The van der Waals surface area contributed by atoms with Gasteiger partial charge in [0.1, 0.15) is 5.75 Å². The highest BCUT2D eigenvalue weighted by atomic mass is 32.2. The number of benzene rings is 3. The molecule has 3 aromatic rings. The summed E-state index contributed by atoms with van der Waals surface area (Å²) in [5.74, 6) is 0.997. The van der Waals surface area contributed by atoms with Gasteiger partial charge in [-0.3, -0.25) is 9.10 Å². The van der Waals surface area contributed by atoms with Gasteiger partial charge in [-0.2, -0.15) is 0 Å². The summed E-state index contributed by atoms with van der Waals surface area (Å²) in [6.07, 6.45) is 2.01. The fourth-order valence-electron chi connectivity index (χ4n) is 4.04. The first-order valence-corrected chi connectivity index (χ1v) is 13.9. The van der Waals surface area contributed by atoms with E-state index in [1.807, 2.05) is 56.3 Å². The van der Waals surface area contributed by atoms with E-state index < -0.39 is 10.0 Å². The first kappa shape index (κ1) is 27.3. The fourth-order valence-corrected chi connectivity index (χ4v) is 4.92. The maximum Gasteiger partial charge on any atom is 0.251 e. The third-order valence-corrected chi connectivity index (χ3v) is 7.39. The number of carbonyl (C=O) groups is 1. The molecule has 0 saturated heterocycles. The number of nitrogens with zero attached hydrogens (tertiary/aromatic N) is 1. The monoisotopic (exact) mass is 508 g/mol. The minimum absolute atomic E-state index is 0.131. The van der Waals surface area contributed by atoms with Crippen molar-refractivity contribution in [1.82, 2.24) is 5.32 Å². The maximum atomic E-state index is 13.1. The molecular formula is C29H36N2O4S. The van der Waals surface area contributed by atoms with Crippen LogP contribution in [0.2, 0.25) is 0 Å². The summed E-state index contributed by atoms with van der Waals surface area (Å²) in [7, 11) is -1.86. The molecule has 0 spiro atoms. The predicted molar refractivity (Wildman–Crippen MR) is 146 cm³/mol. The lowest BCUT2D eigenvalue weighted by Gasteiger charge is -2.24. The van der Waals surface area contributed by atoms with Crippen molar-refractivity contribution < 1.29 is 17.9 Å². The Balaban J connectivity index is 1.77. The van der Waals surface area contributed by atoms with Crippen LogP contribution < -0.4 is 14.4 Å². The first-order chi connectivity index (χ1) is 17.0. The molecule has 0 fully saturated rings. The summed E-state index contributed by atoms with van der Waals surface area (Å²) >= 11 is 0. The van der Waals surface area contributed by atoms with Gasteiger partial charge in [0.25, 0.3) is 5.91 Å². The Hall–Kier alpha value is -3.32. The van der Waals surface area contributed by atoms with Gasteiger partial charge in [-0.05, 0) is 84.8 Å². The molecule has 0 aromatic heterocycles. The summed E-state index contributed by atoms with van der Waals surface area (Å²) in [4.78, 5) is 13.1. The molecule has 0 radical (unpaired) electrons. The normalized spacial score (nSPS) is 12.3. The number of carbonyl (C=O) groups excluding carboxylic acids is 1. The van der Waals surface area contributed by atoms with Gasteiger partial charge in [0, 0.05) is 5.56 Å². The molecule has 0 aliphatic rings. The number of anilines is 1. The van der Waals surface area contributed by atoms with Crippen molar-refractivity contribution in [3.05, 3.63) is 94.5 Å². The van der Waals surface area contributed by atoms with Crippen LogP contribution in [0.1, 0.15) is 58.9 Å². The van der Waals surface area contributed by atoms with Crippen LogP contribution in [0.15, 0.2) is 66.7 Å². The highest BCUT2D eigenvalue weighted by Crippen LogP contribution is 2.25. The molecule has 7 heteroatoms. The zero-order chi connectivity index (χ0) is 26.5. The predicted octanol–water partition coefficient (Wildman–Crippen LogP) is 5.80. The zero-order valence-electron chi connectivity index (χ0n) is 21.9. The lowest BCUT2D eigenvalue weighted by Crippen LogP contribution is -2.30. The van der Waals surface area contributed by atoms with E-state index in [2.05, 4.69) is 19.2 Å². The van der Waals surface area contributed by atoms with E-state index in [0.717, 1.165) is 34.4 Å². The molecule has 36 heavy (non-hydrogen) atoms. The maximum absolute atomic E-state index is 13.1. The van der Waals surface area contributed by atoms with Gasteiger partial charge < -0.3 is 10.1 Å². The highest BCUT2D eigenvalue weighted by Gasteiger charge is 2.20. The Morgan fingerprint density at radius 2 is 1.58 bits per heavy atom. The second-order valence-corrected chi connectivity index (χ2v) is 11.6. The van der Waals surface area contributed by atoms with E-state index in [4.69, 9.17) is 4.74 Å². The number of aryl methyl sites for hydroxylation is 2. The average Bonchev–Trinajstić information content (AvgIpc) is 2.83. The molecule has 3 aromatic carbocycles. The van der Waals surface area contributed by atoms with Crippen molar-refractivity contribution in [3.63, 3.8) is 0 Å². The number of amides is 1. The molecular weight excluding hydrogens is 472 g/mol. The highest BCUT2D eigenvalue weighted by molar-refractivity contribution is 7.92. The van der Waals surface area contributed by atoms with E-state index in [1.54, 1.807) is 31.4 Å². The van der Waals surface area contributed by atoms with Crippen molar-refractivity contribution >= 4 is 21.6 Å². The molecule has 0 saturated carbocycles. The van der Waals surface area contributed by atoms with Crippen LogP contribution in [0.5, 0.6) is 5.75 Å². The summed E-state index contributed by atoms with van der Waals surface area (Å²) in [6.45, 7) is 8.39. The summed E-state index contributed by atoms with van der Waals surface area (Å²) in [6, 6.07) is 20.3. The van der Waals surface area contributed by atoms with Crippen molar-refractivity contribution in [1.29, 1.82) is 0 Å². The van der Waals surface area contributed by atoms with E-state index in [-0.39, 0.29) is 18.5 Å². The Morgan fingerprint density at radius 3 is 2.11 bits per heavy atom. The number of methoxy groups -OCH3 is 1. The van der Waals surface area contributed by atoms with E-state index >= 15 is 0 Å². The van der Waals surface area contributed by atoms with Gasteiger partial charge in [0.15, 0.2) is 0 Å². The van der Waals surface area contributed by atoms with Gasteiger partial charge in [-0.1, -0.05) is 44.2 Å². The topological polar surface area (TPSA) is 75.7 Å². The first-order valence-electron chi connectivity index (χ1n) is 12.1. The van der Waals surface area contributed by atoms with Gasteiger partial charge in [-0.15, -0.1) is 0 Å². The number of sulfonamides is 1. The Bertz CT molecular complexity index is 1280. The summed E-state index contributed by atoms with van der Waals surface area (Å²) in [5.41, 5.74) is 5.10. The lowest BCUT2D eigenvalue weighted by molar-refractivity contribution is 0.0932. The molecule has 1 amide bonds. The van der Waals surface area contributed by atoms with Crippen LogP contribution in [0.4, 0.5) is 5.69 Å². The third kappa shape index (κ3) is 7.10. The van der Waals surface area contributed by atoms with Crippen LogP contribution in [0.3, 0.4) is 0 Å². The van der Waals surface area contributed by atoms with E-state index in [9.17, 15) is 13.2 Å². The minimum Gasteiger partial charge on any atom is -0.497 e. The number of ether oxygens (including phenoxy) is 1. The van der Waals surface area contributed by atoms with Gasteiger partial charge in [-0.25, -0.2) is 8.42 Å². The minimum atomic E-state index is -3.49. The molecule has 0 bridgehead atoms. The quantitative estimate of drug-likeness (QED) is 0.376. The fraction of sp³-hybridized carbons (Fsp3) is 0.345. The van der Waals surface area contributed by atoms with E-state index in [0.29, 0.717) is 17.2 Å². The van der Waals surface area contributed by atoms with Crippen molar-refractivity contribution in [2.45, 2.75) is 46.7 Å². The third-order valence-electron chi connectivity index (χ3n) is 6.25.